The lowest BCUT2D eigenvalue weighted by Gasteiger charge is -2.12. The van der Waals surface area contributed by atoms with Crippen LogP contribution >= 0.6 is 23.1 Å². The van der Waals surface area contributed by atoms with E-state index in [2.05, 4.69) is 24.9 Å². The largest absolute Gasteiger partial charge is 0.293 e. The fraction of sp³-hybridized carbons (Fsp3) is 0.409. The SMILES string of the molecule is Cc1nc(SCC(=O)c2cc(C)c(C)cc2C)c2c3c(sc2n1)CCCC3. The number of thiophene rings is 1. The van der Waals surface area contributed by atoms with Gasteiger partial charge in [0.2, 0.25) is 0 Å². The summed E-state index contributed by atoms with van der Waals surface area (Å²) in [7, 11) is 0. The highest BCUT2D eigenvalue weighted by molar-refractivity contribution is 8.00. The van der Waals surface area contributed by atoms with Crippen LogP contribution in [0.25, 0.3) is 10.2 Å². The molecule has 0 radical (unpaired) electrons. The van der Waals surface area contributed by atoms with Crippen LogP contribution in [0.3, 0.4) is 0 Å². The number of aryl methyl sites for hydroxylation is 6. The van der Waals surface area contributed by atoms with Crippen molar-refractivity contribution in [3.63, 3.8) is 0 Å². The minimum Gasteiger partial charge on any atom is -0.293 e. The van der Waals surface area contributed by atoms with Gasteiger partial charge in [-0.15, -0.1) is 11.3 Å². The molecule has 0 bridgehead atoms. The number of carbonyl (C=O) groups is 1. The van der Waals surface area contributed by atoms with Gasteiger partial charge in [0.1, 0.15) is 15.7 Å². The molecule has 2 heterocycles. The van der Waals surface area contributed by atoms with E-state index >= 15 is 0 Å². The first-order valence-corrected chi connectivity index (χ1v) is 11.3. The molecule has 0 saturated heterocycles. The molecule has 0 atom stereocenters. The third-order valence-corrected chi connectivity index (χ3v) is 7.54. The van der Waals surface area contributed by atoms with Crippen molar-refractivity contribution in [3.8, 4) is 0 Å². The number of hydrogen-bond acceptors (Lipinski definition) is 5. The minimum atomic E-state index is 0.175. The Morgan fingerprint density at radius 1 is 1.04 bits per heavy atom. The van der Waals surface area contributed by atoms with Crippen LogP contribution in [-0.4, -0.2) is 21.5 Å². The highest BCUT2D eigenvalue weighted by atomic mass is 32.2. The van der Waals surface area contributed by atoms with E-state index in [9.17, 15) is 4.79 Å². The van der Waals surface area contributed by atoms with Crippen LogP contribution in [0.5, 0.6) is 0 Å². The number of thioether (sulfide) groups is 1. The molecule has 4 rings (SSSR count). The first kappa shape index (κ1) is 18.6. The van der Waals surface area contributed by atoms with Gasteiger partial charge in [0.25, 0.3) is 0 Å². The van der Waals surface area contributed by atoms with Crippen molar-refractivity contribution in [1.29, 1.82) is 0 Å². The zero-order valence-corrected chi connectivity index (χ0v) is 17.9. The summed E-state index contributed by atoms with van der Waals surface area (Å²) in [5.74, 6) is 1.38. The van der Waals surface area contributed by atoms with Gasteiger partial charge >= 0.3 is 0 Å². The molecule has 0 amide bonds. The maximum absolute atomic E-state index is 12.9. The Morgan fingerprint density at radius 2 is 1.78 bits per heavy atom. The Morgan fingerprint density at radius 3 is 2.59 bits per heavy atom. The van der Waals surface area contributed by atoms with Crippen molar-refractivity contribution in [2.24, 2.45) is 0 Å². The summed E-state index contributed by atoms with van der Waals surface area (Å²) in [6, 6.07) is 4.14. The number of hydrogen-bond donors (Lipinski definition) is 0. The van der Waals surface area contributed by atoms with Crippen LogP contribution in [0.4, 0.5) is 0 Å². The van der Waals surface area contributed by atoms with E-state index in [1.165, 1.54) is 39.8 Å². The number of benzene rings is 1. The first-order chi connectivity index (χ1) is 12.9. The van der Waals surface area contributed by atoms with E-state index in [4.69, 9.17) is 4.98 Å². The molecule has 0 spiro atoms. The van der Waals surface area contributed by atoms with Gasteiger partial charge in [-0.05, 0) is 81.7 Å². The van der Waals surface area contributed by atoms with Crippen LogP contribution < -0.4 is 0 Å². The lowest BCUT2D eigenvalue weighted by Crippen LogP contribution is -2.07. The third kappa shape index (κ3) is 3.55. The van der Waals surface area contributed by atoms with E-state index in [0.29, 0.717) is 5.75 Å². The molecule has 3 nitrogen and oxygen atoms in total. The second-order valence-electron chi connectivity index (χ2n) is 7.43. The van der Waals surface area contributed by atoms with Gasteiger partial charge in [-0.1, -0.05) is 17.8 Å². The molecule has 1 aromatic carbocycles. The molecular formula is C22H24N2OS2. The summed E-state index contributed by atoms with van der Waals surface area (Å²) in [4.78, 5) is 24.8. The Kier molecular flexibility index (Phi) is 5.08. The quantitative estimate of drug-likeness (QED) is 0.318. The third-order valence-electron chi connectivity index (χ3n) is 5.37. The summed E-state index contributed by atoms with van der Waals surface area (Å²) in [5, 5.41) is 2.18. The van der Waals surface area contributed by atoms with Crippen molar-refractivity contribution in [1.82, 2.24) is 9.97 Å². The first-order valence-electron chi connectivity index (χ1n) is 9.46. The number of carbonyl (C=O) groups excluding carboxylic acids is 1. The highest BCUT2D eigenvalue weighted by Crippen LogP contribution is 2.39. The number of ketones is 1. The summed E-state index contributed by atoms with van der Waals surface area (Å²) in [5.41, 5.74) is 5.72. The van der Waals surface area contributed by atoms with Gasteiger partial charge in [-0.3, -0.25) is 4.79 Å². The average Bonchev–Trinajstić information content (AvgIpc) is 3.00. The average molecular weight is 397 g/mol. The molecule has 5 heteroatoms. The van der Waals surface area contributed by atoms with Gasteiger partial charge in [0.05, 0.1) is 5.75 Å². The van der Waals surface area contributed by atoms with E-state index in [-0.39, 0.29) is 5.78 Å². The predicted octanol–water partition coefficient (Wildman–Crippen LogP) is 5.78. The summed E-state index contributed by atoms with van der Waals surface area (Å²) >= 11 is 3.38. The molecule has 0 fully saturated rings. The molecule has 27 heavy (non-hydrogen) atoms. The highest BCUT2D eigenvalue weighted by Gasteiger charge is 2.21. The summed E-state index contributed by atoms with van der Waals surface area (Å²) in [6.07, 6.45) is 4.76. The van der Waals surface area contributed by atoms with Gasteiger partial charge in [-0.2, -0.15) is 0 Å². The van der Waals surface area contributed by atoms with Crippen LogP contribution in [-0.2, 0) is 12.8 Å². The fourth-order valence-corrected chi connectivity index (χ4v) is 6.16. The van der Waals surface area contributed by atoms with Crippen molar-refractivity contribution >= 4 is 39.1 Å². The van der Waals surface area contributed by atoms with Crippen molar-refractivity contribution in [2.45, 2.75) is 58.4 Å². The predicted molar refractivity (Wildman–Crippen MR) is 115 cm³/mol. The van der Waals surface area contributed by atoms with E-state index in [1.54, 1.807) is 11.8 Å². The van der Waals surface area contributed by atoms with E-state index in [1.807, 2.05) is 31.3 Å². The fourth-order valence-electron chi connectivity index (χ4n) is 3.80. The Bertz CT molecular complexity index is 1050. The second-order valence-corrected chi connectivity index (χ2v) is 9.48. The second kappa shape index (κ2) is 7.36. The smallest absolute Gasteiger partial charge is 0.173 e. The molecule has 0 unspecified atom stereocenters. The van der Waals surface area contributed by atoms with Gasteiger partial charge in [-0.25, -0.2) is 9.97 Å². The standard InChI is InChI=1S/C22H24N2OS2/c1-12-9-14(3)17(10-13(12)2)18(25)11-26-21-20-16-7-5-6-8-19(16)27-22(20)24-15(4)23-21/h9-10H,5-8,11H2,1-4H3. The molecule has 0 saturated carbocycles. The van der Waals surface area contributed by atoms with Gasteiger partial charge in [0.15, 0.2) is 5.78 Å². The molecule has 1 aliphatic carbocycles. The van der Waals surface area contributed by atoms with Crippen molar-refractivity contribution < 1.29 is 4.79 Å². The van der Waals surface area contributed by atoms with Crippen molar-refractivity contribution in [3.05, 3.63) is 50.7 Å². The Labute approximate surface area is 168 Å². The minimum absolute atomic E-state index is 0.175. The molecule has 3 aromatic rings. The van der Waals surface area contributed by atoms with Crippen LogP contribution in [0.1, 0.15) is 56.2 Å². The number of aromatic nitrogens is 2. The zero-order valence-electron chi connectivity index (χ0n) is 16.3. The van der Waals surface area contributed by atoms with Crippen LogP contribution in [0.15, 0.2) is 17.2 Å². The van der Waals surface area contributed by atoms with Crippen molar-refractivity contribution in [2.75, 3.05) is 5.75 Å². The Balaban J connectivity index is 1.65. The molecule has 2 aromatic heterocycles. The van der Waals surface area contributed by atoms with Gasteiger partial charge in [0, 0.05) is 15.8 Å². The molecular weight excluding hydrogens is 372 g/mol. The summed E-state index contributed by atoms with van der Waals surface area (Å²) < 4.78 is 0. The van der Waals surface area contributed by atoms with Gasteiger partial charge < -0.3 is 0 Å². The lowest BCUT2D eigenvalue weighted by atomic mass is 9.97. The summed E-state index contributed by atoms with van der Waals surface area (Å²) in [6.45, 7) is 8.11. The van der Waals surface area contributed by atoms with E-state index in [0.717, 1.165) is 39.6 Å². The zero-order chi connectivity index (χ0) is 19.1. The number of fused-ring (bicyclic) bond motifs is 3. The maximum atomic E-state index is 12.9. The number of rotatable bonds is 4. The monoisotopic (exact) mass is 396 g/mol. The maximum Gasteiger partial charge on any atom is 0.173 e. The molecule has 140 valence electrons. The molecule has 1 aliphatic rings. The number of nitrogens with zero attached hydrogens (tertiary/aromatic N) is 2. The van der Waals surface area contributed by atoms with Crippen LogP contribution in [0.2, 0.25) is 0 Å². The Hall–Kier alpha value is -1.72. The van der Waals surface area contributed by atoms with Crippen LogP contribution in [0, 0.1) is 27.7 Å². The number of Topliss-reactive ketones (excluding diaryl/α,β-unsaturated/α-hetero) is 1. The topological polar surface area (TPSA) is 42.9 Å². The lowest BCUT2D eigenvalue weighted by molar-refractivity contribution is 0.102. The normalized spacial score (nSPS) is 13.8. The molecule has 0 N–H and O–H groups in total. The molecule has 0 aliphatic heterocycles. The van der Waals surface area contributed by atoms with E-state index < -0.39 is 0 Å².